The van der Waals surface area contributed by atoms with Crippen molar-refractivity contribution in [3.05, 3.63) is 0 Å². The summed E-state index contributed by atoms with van der Waals surface area (Å²) in [6, 6.07) is 0. The van der Waals surface area contributed by atoms with Gasteiger partial charge in [-0.15, -0.1) is 0 Å². The molecule has 0 aliphatic heterocycles. The third kappa shape index (κ3) is 25.5. The molecule has 0 aliphatic rings. The molecule has 0 saturated heterocycles. The third-order valence-electron chi connectivity index (χ3n) is 0. The summed E-state index contributed by atoms with van der Waals surface area (Å²) in [5.74, 6) is 0. The molecule has 0 N–H and O–H groups in total. The fraction of sp³-hybridized carbons (Fsp3) is 0. The second-order valence-corrected chi connectivity index (χ2v) is 0. The van der Waals surface area contributed by atoms with E-state index in [4.69, 9.17) is 0 Å². The summed E-state index contributed by atoms with van der Waals surface area (Å²) in [7, 11) is 0. The van der Waals surface area contributed by atoms with Crippen molar-refractivity contribution in [2.75, 3.05) is 0 Å². The standard InChI is InChI=1S/BH2.Co.Cu.Fe.Ga.Pr.2H/h1H2;;;;;;;/q+1;;;;-1;;;. The summed E-state index contributed by atoms with van der Waals surface area (Å²) >= 11 is 1.06. The van der Waals surface area contributed by atoms with E-state index in [0.29, 0.717) is 0 Å². The Bertz CT molecular complexity index is 15.5. The first-order chi connectivity index (χ1) is 1.00. The number of rotatable bonds is 0. The molecule has 0 aliphatic carbocycles. The van der Waals surface area contributed by atoms with Crippen LogP contribution in [0.4, 0.5) is 0 Å². The average molecular weight is 404 g/mol. The van der Waals surface area contributed by atoms with E-state index in [1.54, 1.807) is 0 Å². The summed E-state index contributed by atoms with van der Waals surface area (Å²) in [6.45, 7) is 0. The first-order valence-corrected chi connectivity index (χ1v) is 5.20. The molecule has 0 rings (SSSR count). The van der Waals surface area contributed by atoms with E-state index in [2.05, 4.69) is 6.29 Å². The largest absolute Gasteiger partial charge is 0 e. The van der Waals surface area contributed by atoms with Gasteiger partial charge in [-0.1, -0.05) is 0 Å². The molecule has 0 aromatic carbocycles. The van der Waals surface area contributed by atoms with Gasteiger partial charge in [0.05, 0.1) is 0 Å². The van der Waals surface area contributed by atoms with Gasteiger partial charge in [0.15, 0.2) is 0 Å². The summed E-state index contributed by atoms with van der Waals surface area (Å²) in [4.78, 5) is 0. The van der Waals surface area contributed by atoms with Gasteiger partial charge in [0.2, 0.25) is 0 Å². The first kappa shape index (κ1) is 33.5. The first-order valence-electron chi connectivity index (χ1n) is 1.00. The monoisotopic (exact) mass is 403 g/mol. The molecule has 0 nitrogen and oxygen atoms in total. The molecule has 0 atom stereocenters. The molecule has 3 radical (unpaired) electrons. The molecular weight excluding hydrogens is 400 g/mol. The quantitative estimate of drug-likeness (QED) is 0.417. The van der Waals surface area contributed by atoms with Crippen LogP contribution in [0.15, 0.2) is 0 Å². The van der Waals surface area contributed by atoms with Gasteiger partial charge in [0.25, 0.3) is 0 Å². The van der Waals surface area contributed by atoms with Crippen LogP contribution in [0.25, 0.3) is 0 Å². The van der Waals surface area contributed by atoms with Gasteiger partial charge < -0.3 is 0 Å². The van der Waals surface area contributed by atoms with Crippen LogP contribution in [0.5, 0.6) is 0 Å². The van der Waals surface area contributed by atoms with Crippen molar-refractivity contribution in [1.82, 2.24) is 0 Å². The van der Waals surface area contributed by atoms with Crippen molar-refractivity contribution >= 4 is 24.7 Å². The van der Waals surface area contributed by atoms with Gasteiger partial charge in [-0.05, 0) is 0 Å². The minimum absolute atomic E-state index is 0. The molecule has 0 aromatic heterocycles. The fourth-order valence-corrected chi connectivity index (χ4v) is 0. The van der Waals surface area contributed by atoms with E-state index in [1.165, 1.54) is 0 Å². The van der Waals surface area contributed by atoms with Crippen LogP contribution in [-0.4, -0.2) is 24.7 Å². The zero-order chi connectivity index (χ0) is 2.00. The number of hydrogen-bond acceptors (Lipinski definition) is 0. The third-order valence-corrected chi connectivity index (χ3v) is 0. The van der Waals surface area contributed by atoms with Crippen LogP contribution >= 0.6 is 0 Å². The Hall–Kier alpha value is 3.61. The van der Waals surface area contributed by atoms with Crippen molar-refractivity contribution in [3.8, 4) is 0 Å². The Balaban J connectivity index is -0.000000000833. The Morgan fingerprint density at radius 3 is 1.17 bits per heavy atom. The molecule has 0 heterocycles. The van der Waals surface area contributed by atoms with Crippen LogP contribution in [-0.2, 0) is 50.9 Å². The average Bonchev–Trinajstić information content (AvgIpc) is 1.00. The van der Waals surface area contributed by atoms with Gasteiger partial charge in [0.1, 0.15) is 0 Å². The van der Waals surface area contributed by atoms with Gasteiger partial charge in [-0.25, -0.2) is 0 Å². The van der Waals surface area contributed by atoms with Gasteiger partial charge >= 0.3 is 24.7 Å². The maximum atomic E-state index is 2.19. The van der Waals surface area contributed by atoms with Gasteiger partial charge in [-0.3, -0.25) is 0 Å². The van der Waals surface area contributed by atoms with E-state index in [9.17, 15) is 0 Å². The van der Waals surface area contributed by atoms with Crippen molar-refractivity contribution < 1.29 is 92.2 Å². The summed E-state index contributed by atoms with van der Waals surface area (Å²) < 4.78 is 0. The second kappa shape index (κ2) is 38.3. The van der Waals surface area contributed by atoms with E-state index >= 15 is 0 Å². The molecule has 41 valence electrons. The predicted octanol–water partition coefficient (Wildman–Crippen LogP) is -1.84. The normalized spacial score (nSPS) is 0.667. The molecule has 0 amide bonds. The zero-order valence-electron chi connectivity index (χ0n) is 3.57. The van der Waals surface area contributed by atoms with Crippen molar-refractivity contribution in [2.24, 2.45) is 0 Å². The summed E-state index contributed by atoms with van der Waals surface area (Å²) in [5.41, 5.74) is 0. The van der Waals surface area contributed by atoms with Crippen LogP contribution < -0.4 is 0 Å². The molecule has 0 bridgehead atoms. The molecule has 0 spiro atoms. The Morgan fingerprint density at radius 1 is 1.17 bits per heavy atom. The van der Waals surface area contributed by atoms with Gasteiger partial charge in [0, 0.05) is 92.2 Å². The Labute approximate surface area is 114 Å². The smallest absolute Gasteiger partial charge is 0 e. The van der Waals surface area contributed by atoms with Crippen molar-refractivity contribution in [1.29, 1.82) is 0 Å². The zero-order valence-corrected chi connectivity index (χ0v) is 14.6. The van der Waals surface area contributed by atoms with E-state index < -0.39 is 0 Å². The maximum Gasteiger partial charge on any atom is 0 e. The maximum absolute atomic E-state index is 2.19. The predicted molar refractivity (Wildman–Crippen MR) is 17.1 cm³/mol. The van der Waals surface area contributed by atoms with Crippen LogP contribution in [0.1, 0.15) is 0 Å². The molecule has 6 heavy (non-hydrogen) atoms. The van der Waals surface area contributed by atoms with E-state index in [-0.39, 0.29) is 92.2 Å². The van der Waals surface area contributed by atoms with Crippen LogP contribution in [0, 0.1) is 41.3 Å². The summed E-state index contributed by atoms with van der Waals surface area (Å²) in [5, 5.41) is 0. The topological polar surface area (TPSA) is 0 Å². The molecule has 0 aromatic rings. The number of hydrogen-bond donors (Lipinski definition) is 0. The van der Waals surface area contributed by atoms with Crippen LogP contribution in [0.3, 0.4) is 0 Å². The summed E-state index contributed by atoms with van der Waals surface area (Å²) in [6.07, 6.45) is 2.19. The Morgan fingerprint density at radius 2 is 1.17 bits per heavy atom. The molecule has 0 unspecified atom stereocenters. The van der Waals surface area contributed by atoms with Gasteiger partial charge in [-0.2, -0.15) is 0 Å². The minimum Gasteiger partial charge on any atom is 0 e. The molecule has 0 fully saturated rings. The van der Waals surface area contributed by atoms with Crippen molar-refractivity contribution in [3.63, 3.8) is 0 Å². The van der Waals surface area contributed by atoms with E-state index in [0.717, 1.165) is 18.4 Å². The molecular formula is H4BCoCuFeGaPr. The van der Waals surface area contributed by atoms with Crippen molar-refractivity contribution in [2.45, 2.75) is 0 Å². The molecule has 6 heteroatoms. The minimum atomic E-state index is 0. The second-order valence-electron chi connectivity index (χ2n) is 0. The van der Waals surface area contributed by atoms with Crippen LogP contribution in [0.2, 0.25) is 0 Å². The van der Waals surface area contributed by atoms with E-state index in [1.807, 2.05) is 0 Å². The Kier molecular flexibility index (Phi) is 214. The fourth-order valence-electron chi connectivity index (χ4n) is 0. The SMILES string of the molecule is [BH2][GaH2].[Co].[Cu].[Fe].[Pr]. The molecule has 0 saturated carbocycles.